The van der Waals surface area contributed by atoms with Crippen LogP contribution in [-0.4, -0.2) is 33.2 Å². The highest BCUT2D eigenvalue weighted by molar-refractivity contribution is 14.0. The molecule has 0 radical (unpaired) electrons. The molecule has 3 N–H and O–H groups in total. The maximum Gasteiger partial charge on any atom is 0.188 e. The molecule has 0 spiro atoms. The van der Waals surface area contributed by atoms with Crippen LogP contribution < -0.4 is 11.1 Å². The highest BCUT2D eigenvalue weighted by Gasteiger charge is 2.11. The molecule has 1 aromatic carbocycles. The van der Waals surface area contributed by atoms with Gasteiger partial charge in [-0.3, -0.25) is 4.99 Å². The molecule has 0 unspecified atom stereocenters. The van der Waals surface area contributed by atoms with Gasteiger partial charge in [0.2, 0.25) is 0 Å². The SMILES string of the molecule is CC(C)CCNC(N)=NCCCS(=O)(=O)Cc1ccccc1.I. The molecule has 0 aliphatic heterocycles. The van der Waals surface area contributed by atoms with E-state index < -0.39 is 9.84 Å². The number of rotatable bonds is 9. The Hall–Kier alpha value is -0.830. The van der Waals surface area contributed by atoms with Gasteiger partial charge in [-0.15, -0.1) is 24.0 Å². The van der Waals surface area contributed by atoms with E-state index in [0.29, 0.717) is 24.8 Å². The molecule has 0 aromatic heterocycles. The topological polar surface area (TPSA) is 84.5 Å². The largest absolute Gasteiger partial charge is 0.370 e. The molecule has 0 bridgehead atoms. The summed E-state index contributed by atoms with van der Waals surface area (Å²) in [6, 6.07) is 9.22. The van der Waals surface area contributed by atoms with Gasteiger partial charge in [-0.2, -0.15) is 0 Å². The first-order valence-electron chi connectivity index (χ1n) is 7.67. The lowest BCUT2D eigenvalue weighted by atomic mass is 10.1. The molecular formula is C16H28IN3O2S. The highest BCUT2D eigenvalue weighted by atomic mass is 127. The third-order valence-electron chi connectivity index (χ3n) is 3.15. The Morgan fingerprint density at radius 1 is 1.26 bits per heavy atom. The second-order valence-electron chi connectivity index (χ2n) is 5.81. The third-order valence-corrected chi connectivity index (χ3v) is 4.84. The van der Waals surface area contributed by atoms with Crippen LogP contribution in [0.4, 0.5) is 0 Å². The van der Waals surface area contributed by atoms with Crippen molar-refractivity contribution in [3.63, 3.8) is 0 Å². The number of aliphatic imine (C=N–C) groups is 1. The monoisotopic (exact) mass is 453 g/mol. The average molecular weight is 453 g/mol. The first kappa shape index (κ1) is 22.2. The molecular weight excluding hydrogens is 425 g/mol. The second-order valence-corrected chi connectivity index (χ2v) is 7.99. The van der Waals surface area contributed by atoms with Crippen LogP contribution in [0.25, 0.3) is 0 Å². The summed E-state index contributed by atoms with van der Waals surface area (Å²) in [7, 11) is -3.09. The molecule has 7 heteroatoms. The van der Waals surface area contributed by atoms with Crippen LogP contribution in [0.5, 0.6) is 0 Å². The van der Waals surface area contributed by atoms with E-state index in [-0.39, 0.29) is 35.5 Å². The van der Waals surface area contributed by atoms with Crippen molar-refractivity contribution in [2.24, 2.45) is 16.6 Å². The number of benzene rings is 1. The molecule has 1 aromatic rings. The van der Waals surface area contributed by atoms with Crippen molar-refractivity contribution in [1.82, 2.24) is 5.32 Å². The van der Waals surface area contributed by atoms with Gasteiger partial charge in [0, 0.05) is 13.1 Å². The number of hydrogen-bond donors (Lipinski definition) is 2. The molecule has 132 valence electrons. The zero-order valence-corrected chi connectivity index (χ0v) is 17.0. The van der Waals surface area contributed by atoms with E-state index >= 15 is 0 Å². The predicted octanol–water partition coefficient (Wildman–Crippen LogP) is 2.56. The first-order valence-corrected chi connectivity index (χ1v) is 9.49. The minimum absolute atomic E-state index is 0. The predicted molar refractivity (Wildman–Crippen MR) is 108 cm³/mol. The number of nitrogens with one attached hydrogen (secondary N) is 1. The summed E-state index contributed by atoms with van der Waals surface area (Å²) >= 11 is 0. The van der Waals surface area contributed by atoms with Crippen molar-refractivity contribution in [3.05, 3.63) is 35.9 Å². The number of sulfone groups is 1. The van der Waals surface area contributed by atoms with Crippen LogP contribution in [0.3, 0.4) is 0 Å². The smallest absolute Gasteiger partial charge is 0.188 e. The minimum atomic E-state index is -3.09. The molecule has 0 fully saturated rings. The molecule has 0 atom stereocenters. The maximum absolute atomic E-state index is 12.0. The van der Waals surface area contributed by atoms with Crippen LogP contribution in [-0.2, 0) is 15.6 Å². The number of halogens is 1. The molecule has 0 aliphatic carbocycles. The van der Waals surface area contributed by atoms with Crippen molar-refractivity contribution in [2.45, 2.75) is 32.4 Å². The molecule has 0 heterocycles. The fourth-order valence-corrected chi connectivity index (χ4v) is 3.34. The summed E-state index contributed by atoms with van der Waals surface area (Å²) in [5.74, 6) is 1.22. The fraction of sp³-hybridized carbons (Fsp3) is 0.562. The summed E-state index contributed by atoms with van der Waals surface area (Å²) < 4.78 is 24.0. The van der Waals surface area contributed by atoms with E-state index in [9.17, 15) is 8.42 Å². The van der Waals surface area contributed by atoms with Crippen molar-refractivity contribution in [2.75, 3.05) is 18.8 Å². The van der Waals surface area contributed by atoms with Gasteiger partial charge >= 0.3 is 0 Å². The Morgan fingerprint density at radius 2 is 1.91 bits per heavy atom. The number of nitrogens with zero attached hydrogens (tertiary/aromatic N) is 1. The Kier molecular flexibility index (Phi) is 11.2. The van der Waals surface area contributed by atoms with Crippen molar-refractivity contribution >= 4 is 39.8 Å². The summed E-state index contributed by atoms with van der Waals surface area (Å²) in [6.45, 7) is 5.51. The van der Waals surface area contributed by atoms with E-state index in [4.69, 9.17) is 5.73 Å². The molecule has 0 amide bonds. The van der Waals surface area contributed by atoms with Crippen molar-refractivity contribution in [3.8, 4) is 0 Å². The molecule has 23 heavy (non-hydrogen) atoms. The van der Waals surface area contributed by atoms with Crippen LogP contribution in [0.1, 0.15) is 32.3 Å². The van der Waals surface area contributed by atoms with Crippen LogP contribution >= 0.6 is 24.0 Å². The van der Waals surface area contributed by atoms with E-state index in [1.807, 2.05) is 30.3 Å². The van der Waals surface area contributed by atoms with Gasteiger partial charge in [-0.05, 0) is 24.3 Å². The molecule has 5 nitrogen and oxygen atoms in total. The zero-order chi connectivity index (χ0) is 16.4. The summed E-state index contributed by atoms with van der Waals surface area (Å²) in [4.78, 5) is 4.15. The Balaban J connectivity index is 0.00000484. The highest BCUT2D eigenvalue weighted by Crippen LogP contribution is 2.07. The van der Waals surface area contributed by atoms with E-state index in [1.54, 1.807) is 0 Å². The number of guanidine groups is 1. The van der Waals surface area contributed by atoms with Gasteiger partial charge in [0.1, 0.15) is 0 Å². The number of hydrogen-bond acceptors (Lipinski definition) is 3. The fourth-order valence-electron chi connectivity index (χ4n) is 1.93. The van der Waals surface area contributed by atoms with E-state index in [0.717, 1.165) is 18.5 Å². The zero-order valence-electron chi connectivity index (χ0n) is 13.9. The molecule has 1 rings (SSSR count). The summed E-state index contributed by atoms with van der Waals surface area (Å²) in [5, 5.41) is 3.03. The third kappa shape index (κ3) is 11.4. The lowest BCUT2D eigenvalue weighted by Gasteiger charge is -2.07. The second kappa shape index (κ2) is 11.7. The standard InChI is InChI=1S/C16H27N3O2S.HI/c1-14(2)9-11-19-16(17)18-10-6-12-22(20,21)13-15-7-4-3-5-8-15;/h3-5,7-8,14H,6,9-13H2,1-2H3,(H3,17,18,19);1H. The molecule has 0 saturated carbocycles. The van der Waals surface area contributed by atoms with E-state index in [1.165, 1.54) is 0 Å². The molecule has 0 aliphatic rings. The minimum Gasteiger partial charge on any atom is -0.370 e. The normalized spacial score (nSPS) is 12.0. The number of nitrogens with two attached hydrogens (primary N) is 1. The van der Waals surface area contributed by atoms with Gasteiger partial charge in [0.15, 0.2) is 15.8 Å². The Labute approximate surface area is 157 Å². The molecule has 0 saturated heterocycles. The quantitative estimate of drug-likeness (QED) is 0.261. The van der Waals surface area contributed by atoms with Crippen LogP contribution in [0.2, 0.25) is 0 Å². The Bertz CT molecular complexity index is 560. The summed E-state index contributed by atoms with van der Waals surface area (Å²) in [5.41, 5.74) is 6.54. The van der Waals surface area contributed by atoms with Crippen LogP contribution in [0, 0.1) is 5.92 Å². The van der Waals surface area contributed by atoms with E-state index in [2.05, 4.69) is 24.2 Å². The lowest BCUT2D eigenvalue weighted by molar-refractivity contribution is 0.576. The maximum atomic E-state index is 12.0. The van der Waals surface area contributed by atoms with Gasteiger partial charge in [0.05, 0.1) is 11.5 Å². The van der Waals surface area contributed by atoms with Crippen molar-refractivity contribution in [1.29, 1.82) is 0 Å². The average Bonchev–Trinajstić information content (AvgIpc) is 2.44. The first-order chi connectivity index (χ1) is 10.4. The Morgan fingerprint density at radius 3 is 2.52 bits per heavy atom. The van der Waals surface area contributed by atoms with Crippen molar-refractivity contribution < 1.29 is 8.42 Å². The van der Waals surface area contributed by atoms with Gasteiger partial charge < -0.3 is 11.1 Å². The van der Waals surface area contributed by atoms with Gasteiger partial charge in [-0.1, -0.05) is 44.2 Å². The lowest BCUT2D eigenvalue weighted by Crippen LogP contribution is -2.33. The summed E-state index contributed by atoms with van der Waals surface area (Å²) in [6.07, 6.45) is 1.52. The van der Waals surface area contributed by atoms with Gasteiger partial charge in [-0.25, -0.2) is 8.42 Å². The van der Waals surface area contributed by atoms with Crippen LogP contribution in [0.15, 0.2) is 35.3 Å². The van der Waals surface area contributed by atoms with Gasteiger partial charge in [0.25, 0.3) is 0 Å².